The summed E-state index contributed by atoms with van der Waals surface area (Å²) in [7, 11) is 7.80. The van der Waals surface area contributed by atoms with E-state index in [1.54, 1.807) is 41.2 Å². The second-order valence-corrected chi connectivity index (χ2v) is 8.98. The Morgan fingerprint density at radius 3 is 2.55 bits per heavy atom. The number of aromatic nitrogens is 2. The standard InChI is InChI=1S/C26H30ClFN6O4/c1-30-23(18-8-7-17(37-5)13-21(18)28)25(35)34(15-29)22(14-38-26(36)32(2)3)16-6-9-20(27)19(12-16)24-31-10-11-33(24)4/h6-13,15,22-23,29-30H,14H2,1-5H3. The lowest BCUT2D eigenvalue weighted by Crippen LogP contribution is -2.43. The van der Waals surface area contributed by atoms with Gasteiger partial charge in [0.05, 0.1) is 24.5 Å². The highest BCUT2D eigenvalue weighted by Gasteiger charge is 2.33. The minimum atomic E-state index is -1.14. The molecule has 0 saturated heterocycles. The average Bonchev–Trinajstić information content (AvgIpc) is 3.33. The fourth-order valence-corrected chi connectivity index (χ4v) is 4.10. The minimum Gasteiger partial charge on any atom is -0.497 e. The molecular weight excluding hydrogens is 515 g/mol. The number of benzene rings is 2. The van der Waals surface area contributed by atoms with Crippen molar-refractivity contribution in [2.75, 3.05) is 34.9 Å². The van der Waals surface area contributed by atoms with Gasteiger partial charge in [0.2, 0.25) is 5.91 Å². The molecule has 0 fully saturated rings. The first kappa shape index (κ1) is 28.6. The lowest BCUT2D eigenvalue weighted by molar-refractivity contribution is -0.132. The molecule has 2 amide bonds. The fourth-order valence-electron chi connectivity index (χ4n) is 3.90. The van der Waals surface area contributed by atoms with Crippen molar-refractivity contribution in [2.45, 2.75) is 12.1 Å². The van der Waals surface area contributed by atoms with E-state index in [9.17, 15) is 14.0 Å². The molecule has 3 aromatic rings. The lowest BCUT2D eigenvalue weighted by atomic mass is 10.00. The van der Waals surface area contributed by atoms with Gasteiger partial charge in [-0.3, -0.25) is 15.1 Å². The number of likely N-dealkylation sites (N-methyl/N-ethyl adjacent to an activating group) is 1. The topological polar surface area (TPSA) is 113 Å². The molecule has 0 aliphatic heterocycles. The van der Waals surface area contributed by atoms with Crippen molar-refractivity contribution in [3.05, 3.63) is 70.8 Å². The van der Waals surface area contributed by atoms with E-state index in [4.69, 9.17) is 26.5 Å². The smallest absolute Gasteiger partial charge is 0.409 e. The van der Waals surface area contributed by atoms with Crippen LogP contribution < -0.4 is 10.1 Å². The number of nitrogens with zero attached hydrogens (tertiary/aromatic N) is 4. The summed E-state index contributed by atoms with van der Waals surface area (Å²) in [6.45, 7) is -0.276. The first-order valence-corrected chi connectivity index (χ1v) is 11.9. The summed E-state index contributed by atoms with van der Waals surface area (Å²) in [5, 5.41) is 11.4. The van der Waals surface area contributed by atoms with Gasteiger partial charge in [0.15, 0.2) is 0 Å². The number of hydrogen-bond acceptors (Lipinski definition) is 7. The Morgan fingerprint density at radius 2 is 2.00 bits per heavy atom. The minimum absolute atomic E-state index is 0.0685. The molecule has 10 nitrogen and oxygen atoms in total. The second-order valence-electron chi connectivity index (χ2n) is 8.57. The summed E-state index contributed by atoms with van der Waals surface area (Å²) in [5.41, 5.74) is 1.18. The number of imidazole rings is 1. The van der Waals surface area contributed by atoms with Crippen molar-refractivity contribution in [1.82, 2.24) is 24.7 Å². The number of rotatable bonds is 10. The van der Waals surface area contributed by atoms with Crippen molar-refractivity contribution >= 4 is 29.9 Å². The number of ether oxygens (including phenoxy) is 2. The van der Waals surface area contributed by atoms with Crippen molar-refractivity contribution in [1.29, 1.82) is 5.41 Å². The molecule has 1 heterocycles. The zero-order valence-corrected chi connectivity index (χ0v) is 22.5. The van der Waals surface area contributed by atoms with Gasteiger partial charge in [-0.15, -0.1) is 0 Å². The van der Waals surface area contributed by atoms with Gasteiger partial charge >= 0.3 is 6.09 Å². The number of methoxy groups -OCH3 is 1. The fraction of sp³-hybridized carbons (Fsp3) is 0.308. The van der Waals surface area contributed by atoms with Gasteiger partial charge in [0, 0.05) is 50.7 Å². The zero-order valence-electron chi connectivity index (χ0n) is 21.7. The van der Waals surface area contributed by atoms with Crippen molar-refractivity contribution in [3.8, 4) is 17.1 Å². The van der Waals surface area contributed by atoms with Crippen LogP contribution in [0.15, 0.2) is 48.8 Å². The van der Waals surface area contributed by atoms with E-state index in [0.717, 1.165) is 11.2 Å². The molecule has 38 heavy (non-hydrogen) atoms. The molecule has 0 saturated carbocycles. The Kier molecular flexibility index (Phi) is 9.43. The molecule has 0 bridgehead atoms. The Hall–Kier alpha value is -3.96. The molecule has 2 unspecified atom stereocenters. The quantitative estimate of drug-likeness (QED) is 0.294. The Balaban J connectivity index is 2.07. The molecule has 2 N–H and O–H groups in total. The van der Waals surface area contributed by atoms with Crippen LogP contribution in [0.25, 0.3) is 11.4 Å². The van der Waals surface area contributed by atoms with E-state index in [2.05, 4.69) is 10.3 Å². The van der Waals surface area contributed by atoms with Gasteiger partial charge in [0.25, 0.3) is 0 Å². The normalized spacial score (nSPS) is 12.4. The maximum Gasteiger partial charge on any atom is 0.409 e. The molecule has 12 heteroatoms. The van der Waals surface area contributed by atoms with Gasteiger partial charge in [-0.2, -0.15) is 0 Å². The molecular formula is C26H30ClFN6O4. The van der Waals surface area contributed by atoms with Crippen LogP contribution in [0.5, 0.6) is 5.75 Å². The van der Waals surface area contributed by atoms with E-state index in [1.807, 2.05) is 7.05 Å². The number of aryl methyl sites for hydroxylation is 1. The molecule has 2 aromatic carbocycles. The molecule has 0 radical (unpaired) electrons. The third kappa shape index (κ3) is 6.12. The van der Waals surface area contributed by atoms with Crippen LogP contribution in [-0.2, 0) is 16.6 Å². The number of hydrogen-bond donors (Lipinski definition) is 2. The molecule has 2 atom stereocenters. The molecule has 0 aliphatic rings. The Morgan fingerprint density at radius 1 is 1.26 bits per heavy atom. The summed E-state index contributed by atoms with van der Waals surface area (Å²) in [6, 6.07) is 7.13. The number of nitrogens with one attached hydrogen (secondary N) is 2. The molecule has 0 spiro atoms. The van der Waals surface area contributed by atoms with Gasteiger partial charge < -0.3 is 24.3 Å². The number of carbonyl (C=O) groups is 2. The van der Waals surface area contributed by atoms with Gasteiger partial charge in [-0.1, -0.05) is 23.7 Å². The summed E-state index contributed by atoms with van der Waals surface area (Å²) in [5.74, 6) is -0.400. The van der Waals surface area contributed by atoms with Crippen LogP contribution >= 0.6 is 11.6 Å². The van der Waals surface area contributed by atoms with Crippen LogP contribution in [0, 0.1) is 11.2 Å². The largest absolute Gasteiger partial charge is 0.497 e. The van der Waals surface area contributed by atoms with Gasteiger partial charge in [-0.25, -0.2) is 14.2 Å². The first-order chi connectivity index (χ1) is 18.1. The van der Waals surface area contributed by atoms with Crippen LogP contribution in [0.3, 0.4) is 0 Å². The lowest BCUT2D eigenvalue weighted by Gasteiger charge is -2.31. The predicted octanol–water partition coefficient (Wildman–Crippen LogP) is 4.02. The number of carbonyl (C=O) groups excluding carboxylic acids is 2. The maximum absolute atomic E-state index is 14.9. The SMILES string of the molecule is CNC(C(=O)N(C=N)C(COC(=O)N(C)C)c1ccc(Cl)c(-c2nccn2C)c1)c1ccc(OC)cc1F. The Bertz CT molecular complexity index is 1310. The van der Waals surface area contributed by atoms with E-state index in [-0.39, 0.29) is 12.2 Å². The summed E-state index contributed by atoms with van der Waals surface area (Å²) in [6.07, 6.45) is 3.60. The van der Waals surface area contributed by atoms with E-state index in [1.165, 1.54) is 45.3 Å². The Labute approximate surface area is 225 Å². The zero-order chi connectivity index (χ0) is 28.0. The highest BCUT2D eigenvalue weighted by atomic mass is 35.5. The highest BCUT2D eigenvalue weighted by molar-refractivity contribution is 6.33. The maximum atomic E-state index is 14.9. The first-order valence-electron chi connectivity index (χ1n) is 11.6. The van der Waals surface area contributed by atoms with Crippen LogP contribution in [0.1, 0.15) is 23.2 Å². The summed E-state index contributed by atoms with van der Waals surface area (Å²) >= 11 is 6.47. The number of halogens is 2. The average molecular weight is 545 g/mol. The van der Waals surface area contributed by atoms with Crippen molar-refractivity contribution in [3.63, 3.8) is 0 Å². The van der Waals surface area contributed by atoms with E-state index >= 15 is 0 Å². The molecule has 3 rings (SSSR count). The predicted molar refractivity (Wildman–Crippen MR) is 142 cm³/mol. The molecule has 202 valence electrons. The highest BCUT2D eigenvalue weighted by Crippen LogP contribution is 2.33. The third-order valence-corrected chi connectivity index (χ3v) is 6.28. The third-order valence-electron chi connectivity index (χ3n) is 5.95. The monoisotopic (exact) mass is 544 g/mol. The van der Waals surface area contributed by atoms with Crippen molar-refractivity contribution in [2.24, 2.45) is 7.05 Å². The van der Waals surface area contributed by atoms with Gasteiger partial charge in [0.1, 0.15) is 30.0 Å². The van der Waals surface area contributed by atoms with Crippen LogP contribution in [0.2, 0.25) is 5.02 Å². The van der Waals surface area contributed by atoms with Gasteiger partial charge in [-0.05, 0) is 30.8 Å². The summed E-state index contributed by atoms with van der Waals surface area (Å²) in [4.78, 5) is 32.7. The summed E-state index contributed by atoms with van der Waals surface area (Å²) < 4.78 is 27.2. The van der Waals surface area contributed by atoms with E-state index in [0.29, 0.717) is 27.7 Å². The van der Waals surface area contributed by atoms with Crippen LogP contribution in [0.4, 0.5) is 9.18 Å². The van der Waals surface area contributed by atoms with Crippen LogP contribution in [-0.4, -0.2) is 72.5 Å². The van der Waals surface area contributed by atoms with Crippen molar-refractivity contribution < 1.29 is 23.5 Å². The number of amides is 2. The molecule has 0 aliphatic carbocycles. The second kappa shape index (κ2) is 12.5. The van der Waals surface area contributed by atoms with E-state index < -0.39 is 29.9 Å². The molecule has 1 aromatic heterocycles.